The smallest absolute Gasteiger partial charge is 0.292 e. The summed E-state index contributed by atoms with van der Waals surface area (Å²) in [5.41, 5.74) is 5.41. The molecule has 0 aliphatic heterocycles. The fraction of sp³-hybridized carbons (Fsp3) is 0.300. The highest BCUT2D eigenvalue weighted by molar-refractivity contribution is 7.15. The van der Waals surface area contributed by atoms with Crippen molar-refractivity contribution in [2.75, 3.05) is 5.73 Å². The standard InChI is InChI=1S/C10H12N2OS/c1-2-3-7-4-5-9(14-7)8-6-12-10(11)13-8/h4-6H,2-3H2,1H3,(H2,11,12). The number of hydrogen-bond donors (Lipinski definition) is 1. The quantitative estimate of drug-likeness (QED) is 0.843. The minimum Gasteiger partial charge on any atom is -0.423 e. The molecule has 4 heteroatoms. The van der Waals surface area contributed by atoms with Gasteiger partial charge >= 0.3 is 0 Å². The number of aromatic nitrogens is 1. The van der Waals surface area contributed by atoms with Crippen molar-refractivity contribution >= 4 is 17.4 Å². The lowest BCUT2D eigenvalue weighted by molar-refractivity contribution is 0.596. The Hall–Kier alpha value is -1.29. The van der Waals surface area contributed by atoms with E-state index in [4.69, 9.17) is 10.2 Å². The zero-order chi connectivity index (χ0) is 9.97. The van der Waals surface area contributed by atoms with Crippen molar-refractivity contribution in [1.29, 1.82) is 0 Å². The second-order valence-electron chi connectivity index (χ2n) is 3.08. The van der Waals surface area contributed by atoms with Gasteiger partial charge in [-0.1, -0.05) is 13.3 Å². The molecule has 0 saturated heterocycles. The zero-order valence-corrected chi connectivity index (χ0v) is 8.80. The van der Waals surface area contributed by atoms with Crippen LogP contribution in [0.2, 0.25) is 0 Å². The molecule has 74 valence electrons. The van der Waals surface area contributed by atoms with Crippen LogP contribution in [0.4, 0.5) is 6.01 Å². The van der Waals surface area contributed by atoms with Crippen LogP contribution in [0.25, 0.3) is 10.6 Å². The van der Waals surface area contributed by atoms with E-state index in [9.17, 15) is 0 Å². The molecule has 0 aliphatic carbocycles. The minimum atomic E-state index is 0.227. The third-order valence-corrected chi connectivity index (χ3v) is 3.08. The Balaban J connectivity index is 2.24. The number of nitrogen functional groups attached to an aromatic ring is 1. The van der Waals surface area contributed by atoms with Crippen LogP contribution < -0.4 is 5.73 Å². The number of anilines is 1. The maximum atomic E-state index is 5.41. The maximum absolute atomic E-state index is 5.41. The molecule has 2 aromatic rings. The predicted octanol–water partition coefficient (Wildman–Crippen LogP) is 2.94. The van der Waals surface area contributed by atoms with E-state index in [0.29, 0.717) is 0 Å². The molecule has 14 heavy (non-hydrogen) atoms. The lowest BCUT2D eigenvalue weighted by Gasteiger charge is -1.89. The van der Waals surface area contributed by atoms with Gasteiger partial charge in [0.2, 0.25) is 0 Å². The van der Waals surface area contributed by atoms with E-state index < -0.39 is 0 Å². The molecule has 2 heterocycles. The van der Waals surface area contributed by atoms with Gasteiger partial charge in [-0.05, 0) is 18.6 Å². The summed E-state index contributed by atoms with van der Waals surface area (Å²) in [6.45, 7) is 2.17. The third-order valence-electron chi connectivity index (χ3n) is 1.92. The van der Waals surface area contributed by atoms with Gasteiger partial charge in [-0.3, -0.25) is 0 Å². The molecule has 2 rings (SSSR count). The van der Waals surface area contributed by atoms with Crippen molar-refractivity contribution in [3.8, 4) is 10.6 Å². The first-order valence-corrected chi connectivity index (χ1v) is 5.41. The molecular formula is C10H12N2OS. The first-order chi connectivity index (χ1) is 6.79. The Bertz CT molecular complexity index is 419. The molecule has 0 radical (unpaired) electrons. The number of thiophene rings is 1. The minimum absolute atomic E-state index is 0.227. The lowest BCUT2D eigenvalue weighted by atomic mass is 10.3. The van der Waals surface area contributed by atoms with Gasteiger partial charge in [0.05, 0.1) is 11.1 Å². The van der Waals surface area contributed by atoms with Crippen LogP contribution in [0.3, 0.4) is 0 Å². The van der Waals surface area contributed by atoms with E-state index in [1.165, 1.54) is 11.3 Å². The Morgan fingerprint density at radius 3 is 3.00 bits per heavy atom. The van der Waals surface area contributed by atoms with Gasteiger partial charge < -0.3 is 10.2 Å². The van der Waals surface area contributed by atoms with Crippen LogP contribution in [0.1, 0.15) is 18.2 Å². The Morgan fingerprint density at radius 2 is 2.36 bits per heavy atom. The molecule has 0 aromatic carbocycles. The van der Waals surface area contributed by atoms with Crippen molar-refractivity contribution in [3.05, 3.63) is 23.2 Å². The maximum Gasteiger partial charge on any atom is 0.292 e. The van der Waals surface area contributed by atoms with Crippen molar-refractivity contribution in [2.24, 2.45) is 0 Å². The predicted molar refractivity (Wildman–Crippen MR) is 58.2 cm³/mol. The molecule has 0 spiro atoms. The average Bonchev–Trinajstić information content (AvgIpc) is 2.74. The molecule has 0 fully saturated rings. The summed E-state index contributed by atoms with van der Waals surface area (Å²) in [4.78, 5) is 6.33. The molecule has 0 saturated carbocycles. The normalized spacial score (nSPS) is 10.6. The first kappa shape index (κ1) is 9.27. The summed E-state index contributed by atoms with van der Waals surface area (Å²) >= 11 is 1.73. The second-order valence-corrected chi connectivity index (χ2v) is 4.25. The van der Waals surface area contributed by atoms with E-state index in [1.54, 1.807) is 17.5 Å². The van der Waals surface area contributed by atoms with Crippen LogP contribution in [0.15, 0.2) is 22.7 Å². The molecule has 0 bridgehead atoms. The third kappa shape index (κ3) is 1.80. The number of rotatable bonds is 3. The molecule has 3 nitrogen and oxygen atoms in total. The summed E-state index contributed by atoms with van der Waals surface area (Å²) in [6, 6.07) is 4.41. The van der Waals surface area contributed by atoms with Gasteiger partial charge in [0.25, 0.3) is 6.01 Å². The highest BCUT2D eigenvalue weighted by Gasteiger charge is 2.06. The second kappa shape index (κ2) is 3.84. The largest absolute Gasteiger partial charge is 0.423 e. The van der Waals surface area contributed by atoms with Gasteiger partial charge in [0, 0.05) is 4.88 Å². The summed E-state index contributed by atoms with van der Waals surface area (Å²) < 4.78 is 5.24. The van der Waals surface area contributed by atoms with Gasteiger partial charge in [0.15, 0.2) is 5.76 Å². The summed E-state index contributed by atoms with van der Waals surface area (Å²) in [7, 11) is 0. The molecule has 0 aliphatic rings. The Kier molecular flexibility index (Phi) is 2.54. The van der Waals surface area contributed by atoms with Gasteiger partial charge in [0.1, 0.15) is 0 Å². The monoisotopic (exact) mass is 208 g/mol. The highest BCUT2D eigenvalue weighted by Crippen LogP contribution is 2.29. The summed E-state index contributed by atoms with van der Waals surface area (Å²) in [5, 5.41) is 0. The van der Waals surface area contributed by atoms with Crippen LogP contribution in [-0.2, 0) is 6.42 Å². The number of oxazole rings is 1. The van der Waals surface area contributed by atoms with Crippen molar-refractivity contribution < 1.29 is 4.42 Å². The molecule has 2 N–H and O–H groups in total. The molecule has 2 aromatic heterocycles. The number of aryl methyl sites for hydroxylation is 1. The average molecular weight is 208 g/mol. The number of nitrogens with zero attached hydrogens (tertiary/aromatic N) is 1. The van der Waals surface area contributed by atoms with Crippen molar-refractivity contribution in [1.82, 2.24) is 4.98 Å². The molecule has 0 amide bonds. The highest BCUT2D eigenvalue weighted by atomic mass is 32.1. The van der Waals surface area contributed by atoms with E-state index in [-0.39, 0.29) is 6.01 Å². The Labute approximate surface area is 86.6 Å². The van der Waals surface area contributed by atoms with Crippen LogP contribution in [0, 0.1) is 0 Å². The number of nitrogens with two attached hydrogens (primary N) is 1. The van der Waals surface area contributed by atoms with Crippen molar-refractivity contribution in [3.63, 3.8) is 0 Å². The first-order valence-electron chi connectivity index (χ1n) is 4.60. The van der Waals surface area contributed by atoms with E-state index in [2.05, 4.69) is 24.0 Å². The summed E-state index contributed by atoms with van der Waals surface area (Å²) in [6.07, 6.45) is 3.95. The van der Waals surface area contributed by atoms with E-state index in [1.807, 2.05) is 0 Å². The fourth-order valence-electron chi connectivity index (χ4n) is 1.29. The SMILES string of the molecule is CCCc1ccc(-c2cnc(N)o2)s1. The lowest BCUT2D eigenvalue weighted by Crippen LogP contribution is -1.79. The Morgan fingerprint density at radius 1 is 1.50 bits per heavy atom. The number of hydrogen-bond acceptors (Lipinski definition) is 4. The van der Waals surface area contributed by atoms with Gasteiger partial charge in [-0.2, -0.15) is 0 Å². The fourth-order valence-corrected chi connectivity index (χ4v) is 2.35. The molecular weight excluding hydrogens is 196 g/mol. The van der Waals surface area contributed by atoms with Crippen LogP contribution in [-0.4, -0.2) is 4.98 Å². The van der Waals surface area contributed by atoms with Crippen LogP contribution in [0.5, 0.6) is 0 Å². The van der Waals surface area contributed by atoms with E-state index >= 15 is 0 Å². The van der Waals surface area contributed by atoms with Gasteiger partial charge in [-0.25, -0.2) is 4.98 Å². The van der Waals surface area contributed by atoms with Crippen LogP contribution >= 0.6 is 11.3 Å². The summed E-state index contributed by atoms with van der Waals surface area (Å²) in [5.74, 6) is 0.759. The topological polar surface area (TPSA) is 52.0 Å². The van der Waals surface area contributed by atoms with Crippen molar-refractivity contribution in [2.45, 2.75) is 19.8 Å². The molecule has 0 unspecified atom stereocenters. The molecule has 0 atom stereocenters. The van der Waals surface area contributed by atoms with Gasteiger partial charge in [-0.15, -0.1) is 11.3 Å². The zero-order valence-electron chi connectivity index (χ0n) is 7.99. The van der Waals surface area contributed by atoms with E-state index in [0.717, 1.165) is 17.1 Å².